The Hall–Kier alpha value is -1.37. The van der Waals surface area contributed by atoms with Crippen molar-refractivity contribution in [2.45, 2.75) is 33.2 Å². The summed E-state index contributed by atoms with van der Waals surface area (Å²) < 4.78 is 0. The lowest BCUT2D eigenvalue weighted by Gasteiger charge is -2.08. The first-order valence-electron chi connectivity index (χ1n) is 6.10. The van der Waals surface area contributed by atoms with Gasteiger partial charge in [-0.1, -0.05) is 19.9 Å². The molecule has 1 rings (SSSR count). The summed E-state index contributed by atoms with van der Waals surface area (Å²) in [6.07, 6.45) is 0.678. The van der Waals surface area contributed by atoms with Crippen molar-refractivity contribution < 1.29 is 9.59 Å². The molecular weight excluding hydrogens is 274 g/mol. The lowest BCUT2D eigenvalue weighted by Crippen LogP contribution is -2.30. The van der Waals surface area contributed by atoms with E-state index in [4.69, 9.17) is 10.5 Å². The molecule has 0 aliphatic carbocycles. The first kappa shape index (κ1) is 23.7. The number of aryl methyl sites for hydroxylation is 1. The van der Waals surface area contributed by atoms with Gasteiger partial charge in [-0.15, -0.1) is 11.3 Å². The third kappa shape index (κ3) is 16.6. The van der Waals surface area contributed by atoms with E-state index >= 15 is 0 Å². The van der Waals surface area contributed by atoms with Crippen LogP contribution in [0.4, 0.5) is 0 Å². The van der Waals surface area contributed by atoms with Crippen molar-refractivity contribution in [2.24, 2.45) is 22.4 Å². The number of amides is 1. The summed E-state index contributed by atoms with van der Waals surface area (Å²) in [5.41, 5.74) is 9.95. The molecule has 0 aliphatic heterocycles. The second-order valence-corrected chi connectivity index (χ2v) is 5.11. The summed E-state index contributed by atoms with van der Waals surface area (Å²) in [5.74, 6) is 0.120. The molecule has 0 fully saturated rings. The Balaban J connectivity index is -0.000000245. The maximum Gasteiger partial charge on any atom is 0.261 e. The Morgan fingerprint density at radius 1 is 1.40 bits per heavy atom. The zero-order valence-electron chi connectivity index (χ0n) is 12.8. The normalized spacial score (nSPS) is 9.75. The van der Waals surface area contributed by atoms with E-state index in [-0.39, 0.29) is 5.91 Å². The summed E-state index contributed by atoms with van der Waals surface area (Å²) in [7, 11) is 1.50. The molecule has 0 bridgehead atoms. The van der Waals surface area contributed by atoms with Crippen LogP contribution in [0.1, 0.15) is 25.1 Å². The van der Waals surface area contributed by atoms with Gasteiger partial charge in [-0.3, -0.25) is 4.79 Å². The van der Waals surface area contributed by atoms with Gasteiger partial charge < -0.3 is 16.3 Å². The van der Waals surface area contributed by atoms with Gasteiger partial charge in [0.1, 0.15) is 6.79 Å². The van der Waals surface area contributed by atoms with E-state index < -0.39 is 6.04 Å². The van der Waals surface area contributed by atoms with Crippen molar-refractivity contribution in [3.63, 3.8) is 0 Å². The molecule has 0 saturated heterocycles. The van der Waals surface area contributed by atoms with Gasteiger partial charge in [-0.25, -0.2) is 4.99 Å². The van der Waals surface area contributed by atoms with Gasteiger partial charge in [-0.2, -0.15) is 0 Å². The predicted molar refractivity (Wildman–Crippen MR) is 88.3 cm³/mol. The molecular formula is C14H27N3O2S. The monoisotopic (exact) mass is 301 g/mol. The third-order valence-electron chi connectivity index (χ3n) is 1.86. The van der Waals surface area contributed by atoms with Gasteiger partial charge in [-0.05, 0) is 44.5 Å². The van der Waals surface area contributed by atoms with Gasteiger partial charge in [0, 0.05) is 4.88 Å². The molecule has 0 radical (unpaired) electrons. The van der Waals surface area contributed by atoms with Gasteiger partial charge >= 0.3 is 0 Å². The molecule has 1 heterocycles. The standard InChI is InChI=1S/C7H14N2O.C5H6S.CH5N.CH2O/c1-5(2)4-6(8)7(10)9-3;1-5-3-2-4-6-5;2*1-2/h5-6H,3-4,8H2,1-2H3;2-4H,1H3;2H2,1H3;1H2. The molecule has 1 atom stereocenters. The fourth-order valence-electron chi connectivity index (χ4n) is 1.09. The van der Waals surface area contributed by atoms with Crippen molar-refractivity contribution >= 4 is 30.8 Å². The molecule has 116 valence electrons. The van der Waals surface area contributed by atoms with E-state index in [1.54, 1.807) is 11.3 Å². The molecule has 20 heavy (non-hydrogen) atoms. The smallest absolute Gasteiger partial charge is 0.261 e. The van der Waals surface area contributed by atoms with Crippen molar-refractivity contribution in [2.75, 3.05) is 7.05 Å². The van der Waals surface area contributed by atoms with Gasteiger partial charge in [0.15, 0.2) is 0 Å². The first-order chi connectivity index (χ1) is 9.47. The molecule has 1 aromatic rings. The zero-order chi connectivity index (χ0) is 16.6. The third-order valence-corrected chi connectivity index (χ3v) is 2.66. The van der Waals surface area contributed by atoms with Crippen molar-refractivity contribution in [1.29, 1.82) is 0 Å². The number of nitrogens with zero attached hydrogens (tertiary/aromatic N) is 1. The highest BCUT2D eigenvalue weighted by Gasteiger charge is 2.12. The Kier molecular flexibility index (Phi) is 20.9. The summed E-state index contributed by atoms with van der Waals surface area (Å²) in [4.78, 5) is 23.3. The van der Waals surface area contributed by atoms with Crippen LogP contribution < -0.4 is 11.5 Å². The highest BCUT2D eigenvalue weighted by atomic mass is 32.1. The average molecular weight is 301 g/mol. The lowest BCUT2D eigenvalue weighted by atomic mass is 10.0. The molecule has 4 N–H and O–H groups in total. The summed E-state index contributed by atoms with van der Waals surface area (Å²) >= 11 is 1.78. The minimum Gasteiger partial charge on any atom is -0.333 e. The van der Waals surface area contributed by atoms with Gasteiger partial charge in [0.25, 0.3) is 5.91 Å². The number of rotatable bonds is 3. The minimum absolute atomic E-state index is 0.311. The Bertz CT molecular complexity index is 327. The minimum atomic E-state index is -0.461. The number of thiophene rings is 1. The van der Waals surface area contributed by atoms with Crippen molar-refractivity contribution in [3.8, 4) is 0 Å². The Labute approximate surface area is 126 Å². The first-order valence-corrected chi connectivity index (χ1v) is 6.98. The van der Waals surface area contributed by atoms with Gasteiger partial charge in [0.05, 0.1) is 6.04 Å². The topological polar surface area (TPSA) is 98.5 Å². The van der Waals surface area contributed by atoms with E-state index in [0.717, 1.165) is 0 Å². The van der Waals surface area contributed by atoms with Crippen LogP contribution in [0.2, 0.25) is 0 Å². The van der Waals surface area contributed by atoms with E-state index in [2.05, 4.69) is 41.9 Å². The summed E-state index contributed by atoms with van der Waals surface area (Å²) in [6.45, 7) is 11.2. The van der Waals surface area contributed by atoms with Crippen LogP contribution in [-0.4, -0.2) is 32.5 Å². The lowest BCUT2D eigenvalue weighted by molar-refractivity contribution is -0.119. The SMILES string of the molecule is C=NC(=O)C(N)CC(C)C.C=O.CN.Cc1cccs1. The van der Waals surface area contributed by atoms with Crippen LogP contribution in [0.5, 0.6) is 0 Å². The number of carbonyl (C=O) groups is 2. The maximum absolute atomic E-state index is 10.7. The van der Waals surface area contributed by atoms with Crippen LogP contribution in [0.25, 0.3) is 0 Å². The molecule has 0 spiro atoms. The highest BCUT2D eigenvalue weighted by molar-refractivity contribution is 7.09. The van der Waals surface area contributed by atoms with Crippen LogP contribution in [0.3, 0.4) is 0 Å². The molecule has 5 nitrogen and oxygen atoms in total. The number of hydrogen-bond acceptors (Lipinski definition) is 5. The maximum atomic E-state index is 10.7. The largest absolute Gasteiger partial charge is 0.333 e. The Morgan fingerprint density at radius 2 is 1.90 bits per heavy atom. The van der Waals surface area contributed by atoms with E-state index in [1.807, 2.05) is 20.6 Å². The van der Waals surface area contributed by atoms with Crippen molar-refractivity contribution in [3.05, 3.63) is 22.4 Å². The summed E-state index contributed by atoms with van der Waals surface area (Å²) in [6, 6.07) is 3.70. The fraction of sp³-hybridized carbons (Fsp3) is 0.500. The molecule has 0 saturated carbocycles. The quantitative estimate of drug-likeness (QED) is 0.834. The zero-order valence-corrected chi connectivity index (χ0v) is 13.7. The molecule has 0 aromatic carbocycles. The average Bonchev–Trinajstić information content (AvgIpc) is 2.93. The summed E-state index contributed by atoms with van der Waals surface area (Å²) in [5, 5.41) is 2.08. The second-order valence-electron chi connectivity index (χ2n) is 3.96. The second kappa shape index (κ2) is 17.6. The Morgan fingerprint density at radius 3 is 2.10 bits per heavy atom. The van der Waals surface area contributed by atoms with E-state index in [0.29, 0.717) is 12.3 Å². The number of aliphatic imine (C=N–C) groups is 1. The predicted octanol–water partition coefficient (Wildman–Crippen LogP) is 2.03. The molecule has 6 heteroatoms. The fourth-order valence-corrected chi connectivity index (χ4v) is 1.62. The van der Waals surface area contributed by atoms with E-state index in [9.17, 15) is 4.79 Å². The molecule has 1 amide bonds. The number of carbonyl (C=O) groups excluding carboxylic acids is 2. The number of hydrogen-bond donors (Lipinski definition) is 2. The van der Waals surface area contributed by atoms with Crippen LogP contribution in [0.15, 0.2) is 22.5 Å². The van der Waals surface area contributed by atoms with Crippen LogP contribution >= 0.6 is 11.3 Å². The van der Waals surface area contributed by atoms with Crippen LogP contribution in [0, 0.1) is 12.8 Å². The molecule has 1 aromatic heterocycles. The number of nitrogens with two attached hydrogens (primary N) is 2. The highest BCUT2D eigenvalue weighted by Crippen LogP contribution is 2.04. The van der Waals surface area contributed by atoms with Gasteiger partial charge in [0.2, 0.25) is 0 Å². The van der Waals surface area contributed by atoms with E-state index in [1.165, 1.54) is 11.9 Å². The molecule has 1 unspecified atom stereocenters. The van der Waals surface area contributed by atoms with Crippen LogP contribution in [-0.2, 0) is 9.59 Å². The van der Waals surface area contributed by atoms with Crippen molar-refractivity contribution in [1.82, 2.24) is 0 Å². The molecule has 0 aliphatic rings.